The molecule has 4 nitrogen and oxygen atoms in total. The van der Waals surface area contributed by atoms with Gasteiger partial charge in [0.2, 0.25) is 5.91 Å². The summed E-state index contributed by atoms with van der Waals surface area (Å²) in [6.07, 6.45) is 1.23. The molecule has 0 saturated heterocycles. The van der Waals surface area contributed by atoms with E-state index in [9.17, 15) is 4.79 Å². The van der Waals surface area contributed by atoms with E-state index < -0.39 is 0 Å². The molecule has 0 fully saturated rings. The van der Waals surface area contributed by atoms with Crippen molar-refractivity contribution in [3.05, 3.63) is 71.1 Å². The van der Waals surface area contributed by atoms with E-state index in [2.05, 4.69) is 22.4 Å². The molecule has 122 valence electrons. The Morgan fingerprint density at radius 3 is 2.46 bits per heavy atom. The molecule has 0 aliphatic heterocycles. The highest BCUT2D eigenvalue weighted by Gasteiger charge is 2.04. The monoisotopic (exact) mass is 337 g/mol. The number of nitrogens with two attached hydrogens (primary N) is 1. The Hall–Kier alpha value is -2.66. The molecular weight excluding hydrogens is 318 g/mol. The van der Waals surface area contributed by atoms with Gasteiger partial charge >= 0.3 is 0 Å². The van der Waals surface area contributed by atoms with Crippen LogP contribution in [0.1, 0.15) is 11.1 Å². The Labute approximate surface area is 145 Å². The van der Waals surface area contributed by atoms with Crippen LogP contribution < -0.4 is 11.1 Å². The molecule has 3 rings (SSSR count). The van der Waals surface area contributed by atoms with E-state index in [0.29, 0.717) is 18.1 Å². The summed E-state index contributed by atoms with van der Waals surface area (Å²) < 4.78 is 0. The van der Waals surface area contributed by atoms with Crippen LogP contribution in [0.5, 0.6) is 0 Å². The van der Waals surface area contributed by atoms with Gasteiger partial charge in [-0.3, -0.25) is 4.79 Å². The maximum atomic E-state index is 11.9. The van der Waals surface area contributed by atoms with Crippen LogP contribution in [-0.2, 0) is 17.6 Å². The number of hydrogen-bond donors (Lipinski definition) is 2. The van der Waals surface area contributed by atoms with Crippen molar-refractivity contribution in [2.24, 2.45) is 0 Å². The van der Waals surface area contributed by atoms with E-state index in [-0.39, 0.29) is 5.91 Å². The lowest BCUT2D eigenvalue weighted by atomic mass is 10.1. The van der Waals surface area contributed by atoms with E-state index in [1.165, 1.54) is 16.9 Å². The van der Waals surface area contributed by atoms with Gasteiger partial charge in [0.25, 0.3) is 0 Å². The summed E-state index contributed by atoms with van der Waals surface area (Å²) in [6, 6.07) is 18.0. The van der Waals surface area contributed by atoms with Crippen LogP contribution in [-0.4, -0.2) is 17.4 Å². The molecular formula is C19H19N3OS. The van der Waals surface area contributed by atoms with Crippen molar-refractivity contribution >= 4 is 22.4 Å². The minimum absolute atomic E-state index is 0.0516. The zero-order valence-electron chi connectivity index (χ0n) is 13.2. The van der Waals surface area contributed by atoms with E-state index in [1.54, 1.807) is 0 Å². The maximum absolute atomic E-state index is 11.9. The molecule has 0 spiro atoms. The Balaban J connectivity index is 1.47. The zero-order chi connectivity index (χ0) is 16.8. The number of thiazole rings is 1. The number of carbonyl (C=O) groups is 1. The lowest BCUT2D eigenvalue weighted by molar-refractivity contribution is -0.120. The highest BCUT2D eigenvalue weighted by molar-refractivity contribution is 7.13. The fourth-order valence-corrected chi connectivity index (χ4v) is 3.02. The number of nitrogen functional groups attached to an aromatic ring is 1. The van der Waals surface area contributed by atoms with Crippen molar-refractivity contribution < 1.29 is 4.79 Å². The van der Waals surface area contributed by atoms with E-state index >= 15 is 0 Å². The van der Waals surface area contributed by atoms with Gasteiger partial charge in [0, 0.05) is 17.5 Å². The second-order valence-corrected chi connectivity index (χ2v) is 6.42. The summed E-state index contributed by atoms with van der Waals surface area (Å²) in [6.45, 7) is 0.634. The van der Waals surface area contributed by atoms with Crippen LogP contribution >= 0.6 is 11.3 Å². The van der Waals surface area contributed by atoms with E-state index in [1.807, 2.05) is 47.8 Å². The van der Waals surface area contributed by atoms with Crippen LogP contribution in [0.4, 0.5) is 5.13 Å². The van der Waals surface area contributed by atoms with Gasteiger partial charge in [0.1, 0.15) is 0 Å². The molecule has 0 aliphatic rings. The third kappa shape index (κ3) is 4.43. The number of amides is 1. The number of nitrogens with zero attached hydrogens (tertiary/aromatic N) is 1. The van der Waals surface area contributed by atoms with Crippen molar-refractivity contribution in [1.29, 1.82) is 0 Å². The summed E-state index contributed by atoms with van der Waals surface area (Å²) in [5.41, 5.74) is 9.83. The van der Waals surface area contributed by atoms with Crippen LogP contribution in [0.15, 0.2) is 60.0 Å². The Morgan fingerprint density at radius 2 is 1.79 bits per heavy atom. The van der Waals surface area contributed by atoms with Gasteiger partial charge in [0.15, 0.2) is 5.13 Å². The first-order valence-corrected chi connectivity index (χ1v) is 8.69. The smallest absolute Gasteiger partial charge is 0.224 e. The Kier molecular flexibility index (Phi) is 5.23. The number of rotatable bonds is 6. The minimum Gasteiger partial charge on any atom is -0.375 e. The Morgan fingerprint density at radius 1 is 1.04 bits per heavy atom. The van der Waals surface area contributed by atoms with Gasteiger partial charge in [-0.15, -0.1) is 11.3 Å². The average Bonchev–Trinajstić information content (AvgIpc) is 3.03. The summed E-state index contributed by atoms with van der Waals surface area (Å²) >= 11 is 1.44. The molecule has 2 aromatic carbocycles. The first-order valence-electron chi connectivity index (χ1n) is 7.81. The first kappa shape index (κ1) is 16.2. The van der Waals surface area contributed by atoms with Crippen molar-refractivity contribution in [3.8, 4) is 11.3 Å². The lowest BCUT2D eigenvalue weighted by Gasteiger charge is -2.06. The van der Waals surface area contributed by atoms with Crippen LogP contribution in [0.3, 0.4) is 0 Å². The molecule has 5 heteroatoms. The van der Waals surface area contributed by atoms with Crippen molar-refractivity contribution in [2.75, 3.05) is 12.3 Å². The molecule has 3 aromatic rings. The molecule has 1 aromatic heterocycles. The summed E-state index contributed by atoms with van der Waals surface area (Å²) in [7, 11) is 0. The minimum atomic E-state index is 0.0516. The number of aromatic nitrogens is 1. The number of carbonyl (C=O) groups excluding carboxylic acids is 1. The van der Waals surface area contributed by atoms with Gasteiger partial charge in [-0.05, 0) is 17.5 Å². The zero-order valence-corrected chi connectivity index (χ0v) is 14.1. The molecule has 0 atom stereocenters. The average molecular weight is 337 g/mol. The highest BCUT2D eigenvalue weighted by atomic mass is 32.1. The number of anilines is 1. The first-order chi connectivity index (χ1) is 11.7. The number of hydrogen-bond acceptors (Lipinski definition) is 4. The number of benzene rings is 2. The van der Waals surface area contributed by atoms with Gasteiger partial charge in [-0.2, -0.15) is 0 Å². The molecule has 3 N–H and O–H groups in total. The van der Waals surface area contributed by atoms with Crippen molar-refractivity contribution in [3.63, 3.8) is 0 Å². The van der Waals surface area contributed by atoms with Crippen LogP contribution in [0, 0.1) is 0 Å². The second kappa shape index (κ2) is 7.75. The molecule has 1 heterocycles. The molecule has 1 amide bonds. The quantitative estimate of drug-likeness (QED) is 0.725. The predicted octanol–water partition coefficient (Wildman–Crippen LogP) is 3.29. The van der Waals surface area contributed by atoms with E-state index in [0.717, 1.165) is 23.2 Å². The molecule has 0 bridgehead atoms. The molecule has 0 unspecified atom stereocenters. The third-order valence-electron chi connectivity index (χ3n) is 3.71. The normalized spacial score (nSPS) is 10.5. The SMILES string of the molecule is Nc1nc(-c2ccc(CCNC(=O)Cc3ccccc3)cc2)cs1. The van der Waals surface area contributed by atoms with E-state index in [4.69, 9.17) is 5.73 Å². The summed E-state index contributed by atoms with van der Waals surface area (Å²) in [5, 5.41) is 5.49. The standard InChI is InChI=1S/C19H19N3OS/c20-19-22-17(13-24-19)16-8-6-14(7-9-16)10-11-21-18(23)12-15-4-2-1-3-5-15/h1-9,13H,10-12H2,(H2,20,22)(H,21,23). The fraction of sp³-hybridized carbons (Fsp3) is 0.158. The molecule has 0 aliphatic carbocycles. The van der Waals surface area contributed by atoms with Crippen LogP contribution in [0.25, 0.3) is 11.3 Å². The van der Waals surface area contributed by atoms with Gasteiger partial charge < -0.3 is 11.1 Å². The van der Waals surface area contributed by atoms with Gasteiger partial charge in [-0.25, -0.2) is 4.98 Å². The van der Waals surface area contributed by atoms with Crippen molar-refractivity contribution in [2.45, 2.75) is 12.8 Å². The highest BCUT2D eigenvalue weighted by Crippen LogP contribution is 2.23. The third-order valence-corrected chi connectivity index (χ3v) is 4.39. The topological polar surface area (TPSA) is 68.0 Å². The van der Waals surface area contributed by atoms with Gasteiger partial charge in [-0.1, -0.05) is 54.6 Å². The second-order valence-electron chi connectivity index (χ2n) is 5.53. The Bertz CT molecular complexity index is 797. The van der Waals surface area contributed by atoms with Crippen LogP contribution in [0.2, 0.25) is 0 Å². The largest absolute Gasteiger partial charge is 0.375 e. The van der Waals surface area contributed by atoms with Crippen molar-refractivity contribution in [1.82, 2.24) is 10.3 Å². The fourth-order valence-electron chi connectivity index (χ4n) is 2.45. The maximum Gasteiger partial charge on any atom is 0.224 e. The predicted molar refractivity (Wildman–Crippen MR) is 98.8 cm³/mol. The molecule has 24 heavy (non-hydrogen) atoms. The summed E-state index contributed by atoms with van der Waals surface area (Å²) in [5.74, 6) is 0.0516. The van der Waals surface area contributed by atoms with Gasteiger partial charge in [0.05, 0.1) is 12.1 Å². The lowest BCUT2D eigenvalue weighted by Crippen LogP contribution is -2.27. The summed E-state index contributed by atoms with van der Waals surface area (Å²) in [4.78, 5) is 16.2. The molecule has 0 saturated carbocycles. The molecule has 0 radical (unpaired) electrons. The number of nitrogens with one attached hydrogen (secondary N) is 1.